The second kappa shape index (κ2) is 8.84. The van der Waals surface area contributed by atoms with Crippen LogP contribution in [0.25, 0.3) is 0 Å². The van der Waals surface area contributed by atoms with Gasteiger partial charge in [0.2, 0.25) is 5.78 Å². The normalized spacial score (nSPS) is 12.3. The molecule has 0 spiro atoms. The highest BCUT2D eigenvalue weighted by Crippen LogP contribution is 2.31. The summed E-state index contributed by atoms with van der Waals surface area (Å²) in [5.74, 6) is 4.76. The average Bonchev–Trinajstić information content (AvgIpc) is 2.73. The first-order valence-corrected chi connectivity index (χ1v) is 11.1. The molecule has 1 unspecified atom stereocenters. The van der Waals surface area contributed by atoms with Gasteiger partial charge in [-0.1, -0.05) is 61.6 Å². The number of aromatic nitrogens is 1. The Morgan fingerprint density at radius 3 is 2.43 bits per heavy atom. The molecule has 0 saturated carbocycles. The molecule has 1 N–H and O–H groups in total. The molecule has 1 aromatic heterocycles. The maximum absolute atomic E-state index is 13.1. The molecule has 0 aliphatic heterocycles. The molecule has 4 nitrogen and oxygen atoms in total. The summed E-state index contributed by atoms with van der Waals surface area (Å²) < 4.78 is 8.66. The SMILES string of the molecule is C=S(Nc1cc(C)cnc1C(=O)c1cccc(OC)c1)c1ccc(C(C)(C)C)cc1. The number of pyridine rings is 1. The fourth-order valence-corrected chi connectivity index (χ4v) is 4.04. The van der Waals surface area contributed by atoms with Gasteiger partial charge in [-0.05, 0) is 53.8 Å². The van der Waals surface area contributed by atoms with E-state index in [0.29, 0.717) is 22.7 Å². The lowest BCUT2D eigenvalue weighted by Gasteiger charge is -2.20. The van der Waals surface area contributed by atoms with Crippen molar-refractivity contribution in [1.82, 2.24) is 4.98 Å². The highest BCUT2D eigenvalue weighted by molar-refractivity contribution is 8.15. The molecule has 0 aliphatic rings. The summed E-state index contributed by atoms with van der Waals surface area (Å²) in [6.45, 7) is 8.54. The summed E-state index contributed by atoms with van der Waals surface area (Å²) in [7, 11) is 1.05. The van der Waals surface area contributed by atoms with E-state index in [0.717, 1.165) is 10.5 Å². The van der Waals surface area contributed by atoms with Crippen LogP contribution in [0.1, 0.15) is 48.0 Å². The summed E-state index contributed by atoms with van der Waals surface area (Å²) in [4.78, 5) is 18.6. The number of ketones is 1. The Hall–Kier alpha value is -2.92. The van der Waals surface area contributed by atoms with Crippen molar-refractivity contribution < 1.29 is 9.53 Å². The van der Waals surface area contributed by atoms with E-state index in [2.05, 4.69) is 60.6 Å². The second-order valence-corrected chi connectivity index (χ2v) is 9.69. The molecule has 3 aromatic rings. The van der Waals surface area contributed by atoms with Gasteiger partial charge in [-0.2, -0.15) is 0 Å². The first-order chi connectivity index (χ1) is 14.2. The number of aryl methyl sites for hydroxylation is 1. The zero-order valence-electron chi connectivity index (χ0n) is 18.2. The van der Waals surface area contributed by atoms with Crippen molar-refractivity contribution >= 4 is 28.0 Å². The number of nitrogens with zero attached hydrogens (tertiary/aromatic N) is 1. The van der Waals surface area contributed by atoms with Crippen molar-refractivity contribution in [1.29, 1.82) is 0 Å². The zero-order valence-corrected chi connectivity index (χ0v) is 19.0. The topological polar surface area (TPSA) is 51.2 Å². The Morgan fingerprint density at radius 2 is 1.80 bits per heavy atom. The minimum atomic E-state index is -0.534. The highest BCUT2D eigenvalue weighted by Gasteiger charge is 2.18. The summed E-state index contributed by atoms with van der Waals surface area (Å²) in [5.41, 5.74) is 3.94. The third kappa shape index (κ3) is 4.97. The molecule has 30 heavy (non-hydrogen) atoms. The molecule has 0 bridgehead atoms. The Kier molecular flexibility index (Phi) is 6.42. The van der Waals surface area contributed by atoms with Crippen molar-refractivity contribution in [3.05, 3.63) is 83.2 Å². The number of hydrogen-bond donors (Lipinski definition) is 1. The van der Waals surface area contributed by atoms with Crippen LogP contribution in [-0.4, -0.2) is 23.7 Å². The van der Waals surface area contributed by atoms with Crippen LogP contribution in [0, 0.1) is 6.92 Å². The van der Waals surface area contributed by atoms with Crippen molar-refractivity contribution in [2.75, 3.05) is 11.8 Å². The molecule has 2 aromatic carbocycles. The number of nitrogens with one attached hydrogen (secondary N) is 1. The van der Waals surface area contributed by atoms with E-state index in [9.17, 15) is 4.79 Å². The van der Waals surface area contributed by atoms with Gasteiger partial charge in [0.25, 0.3) is 0 Å². The van der Waals surface area contributed by atoms with Crippen LogP contribution in [0.15, 0.2) is 65.7 Å². The van der Waals surface area contributed by atoms with Crippen LogP contribution in [0.5, 0.6) is 5.75 Å². The number of rotatable bonds is 6. The standard InChI is InChI=1S/C25H28N2O2S/c1-17-14-22(27-30(6)21-12-10-19(11-13-21)25(2,3)4)23(26-16-17)24(28)18-8-7-9-20(15-18)29-5/h7-16,27H,6H2,1-5H3. The van der Waals surface area contributed by atoms with E-state index in [4.69, 9.17) is 4.74 Å². The van der Waals surface area contributed by atoms with Gasteiger partial charge in [0, 0.05) is 16.7 Å². The Balaban J connectivity index is 1.90. The summed E-state index contributed by atoms with van der Waals surface area (Å²) in [5, 5.41) is 0. The minimum absolute atomic E-state index is 0.0997. The fourth-order valence-electron chi connectivity index (χ4n) is 3.04. The first kappa shape index (κ1) is 21.8. The number of ether oxygens (including phenoxy) is 1. The largest absolute Gasteiger partial charge is 0.497 e. The molecule has 1 atom stereocenters. The van der Waals surface area contributed by atoms with Gasteiger partial charge in [0.15, 0.2) is 0 Å². The van der Waals surface area contributed by atoms with Gasteiger partial charge >= 0.3 is 0 Å². The van der Waals surface area contributed by atoms with E-state index >= 15 is 0 Å². The van der Waals surface area contributed by atoms with Gasteiger partial charge in [0.1, 0.15) is 11.4 Å². The number of carbonyl (C=O) groups excluding carboxylic acids is 1. The van der Waals surface area contributed by atoms with Crippen LogP contribution in [0.4, 0.5) is 5.69 Å². The third-order valence-corrected chi connectivity index (χ3v) is 6.12. The number of carbonyl (C=O) groups is 1. The molecule has 3 rings (SSSR count). The first-order valence-electron chi connectivity index (χ1n) is 9.75. The molecule has 0 fully saturated rings. The minimum Gasteiger partial charge on any atom is -0.497 e. The predicted molar refractivity (Wildman–Crippen MR) is 127 cm³/mol. The smallest absolute Gasteiger partial charge is 0.213 e. The molecule has 0 radical (unpaired) electrons. The third-order valence-electron chi connectivity index (χ3n) is 4.81. The number of anilines is 1. The van der Waals surface area contributed by atoms with Crippen molar-refractivity contribution in [3.8, 4) is 5.75 Å². The lowest BCUT2D eigenvalue weighted by Crippen LogP contribution is -2.10. The molecule has 156 valence electrons. The van der Waals surface area contributed by atoms with Crippen molar-refractivity contribution in [2.24, 2.45) is 0 Å². The van der Waals surface area contributed by atoms with Crippen LogP contribution in [-0.2, 0) is 5.41 Å². The van der Waals surface area contributed by atoms with Gasteiger partial charge in [-0.25, -0.2) is 0 Å². The Labute approximate surface area is 181 Å². The maximum Gasteiger partial charge on any atom is 0.213 e. The van der Waals surface area contributed by atoms with Crippen LogP contribution in [0.3, 0.4) is 0 Å². The van der Waals surface area contributed by atoms with Crippen LogP contribution in [0.2, 0.25) is 0 Å². The molecule has 0 saturated heterocycles. The molecule has 0 amide bonds. The summed E-state index contributed by atoms with van der Waals surface area (Å²) >= 11 is 0. The summed E-state index contributed by atoms with van der Waals surface area (Å²) in [6, 6.07) is 17.5. The van der Waals surface area contributed by atoms with E-state index in [1.54, 1.807) is 31.5 Å². The Morgan fingerprint density at radius 1 is 1.10 bits per heavy atom. The Bertz CT molecular complexity index is 1080. The number of benzene rings is 2. The summed E-state index contributed by atoms with van der Waals surface area (Å²) in [6.07, 6.45) is 1.71. The van der Waals surface area contributed by atoms with E-state index in [1.165, 1.54) is 5.56 Å². The molecular formula is C25H28N2O2S. The monoisotopic (exact) mass is 420 g/mol. The maximum atomic E-state index is 13.1. The number of methoxy groups -OCH3 is 1. The van der Waals surface area contributed by atoms with Crippen molar-refractivity contribution in [2.45, 2.75) is 38.0 Å². The van der Waals surface area contributed by atoms with E-state index < -0.39 is 10.7 Å². The highest BCUT2D eigenvalue weighted by atomic mass is 32.2. The van der Waals surface area contributed by atoms with Gasteiger partial charge < -0.3 is 9.46 Å². The van der Waals surface area contributed by atoms with Crippen molar-refractivity contribution in [3.63, 3.8) is 0 Å². The van der Waals surface area contributed by atoms with E-state index in [-0.39, 0.29) is 11.2 Å². The zero-order chi connectivity index (χ0) is 21.9. The molecule has 5 heteroatoms. The van der Waals surface area contributed by atoms with Gasteiger partial charge in [0.05, 0.1) is 12.8 Å². The van der Waals surface area contributed by atoms with Crippen LogP contribution >= 0.6 is 10.7 Å². The number of hydrogen-bond acceptors (Lipinski definition) is 4. The lowest BCUT2D eigenvalue weighted by atomic mass is 9.87. The van der Waals surface area contributed by atoms with E-state index in [1.807, 2.05) is 19.1 Å². The quantitative estimate of drug-likeness (QED) is 0.392. The van der Waals surface area contributed by atoms with Crippen LogP contribution < -0.4 is 9.46 Å². The van der Waals surface area contributed by atoms with Gasteiger partial charge in [-0.15, -0.1) is 0 Å². The van der Waals surface area contributed by atoms with Gasteiger partial charge in [-0.3, -0.25) is 9.78 Å². The molecular weight excluding hydrogens is 392 g/mol. The molecule has 1 heterocycles. The average molecular weight is 421 g/mol. The fraction of sp³-hybridized carbons (Fsp3) is 0.240. The lowest BCUT2D eigenvalue weighted by molar-refractivity contribution is 0.103. The molecule has 0 aliphatic carbocycles. The second-order valence-electron chi connectivity index (χ2n) is 8.24. The predicted octanol–water partition coefficient (Wildman–Crippen LogP) is 6.01.